The molecular weight excluding hydrogens is 306 g/mol. The quantitative estimate of drug-likeness (QED) is 0.784. The van der Waals surface area contributed by atoms with Crippen molar-refractivity contribution in [2.45, 2.75) is 44.2 Å². The molecule has 2 heterocycles. The maximum Gasteiger partial charge on any atom is 0.228 e. The van der Waals surface area contributed by atoms with Gasteiger partial charge in [0.25, 0.3) is 0 Å². The summed E-state index contributed by atoms with van der Waals surface area (Å²) in [6.45, 7) is 0.556. The summed E-state index contributed by atoms with van der Waals surface area (Å²) in [4.78, 5) is 16.3. The summed E-state index contributed by atoms with van der Waals surface area (Å²) in [5.41, 5.74) is 6.64. The van der Waals surface area contributed by atoms with E-state index in [9.17, 15) is 4.79 Å². The zero-order chi connectivity index (χ0) is 16.6. The lowest BCUT2D eigenvalue weighted by Gasteiger charge is -2.17. The highest BCUT2D eigenvalue weighted by molar-refractivity contribution is 5.77. The highest BCUT2D eigenvalue weighted by Crippen LogP contribution is 2.34. The number of para-hydroxylation sites is 1. The van der Waals surface area contributed by atoms with Crippen LogP contribution >= 0.6 is 0 Å². The molecule has 0 unspecified atom stereocenters. The third-order valence-corrected chi connectivity index (χ3v) is 4.71. The van der Waals surface area contributed by atoms with Crippen LogP contribution in [0.25, 0.3) is 10.9 Å². The first-order valence-electron chi connectivity index (χ1n) is 8.23. The van der Waals surface area contributed by atoms with Gasteiger partial charge in [0.15, 0.2) is 5.82 Å². The molecular formula is C17H19N5O2. The van der Waals surface area contributed by atoms with Crippen LogP contribution in [0.3, 0.4) is 0 Å². The Hall–Kier alpha value is -2.54. The van der Waals surface area contributed by atoms with E-state index in [1.54, 1.807) is 10.7 Å². The Bertz CT molecular complexity index is 924. The van der Waals surface area contributed by atoms with Crippen LogP contribution in [-0.2, 0) is 18.5 Å². The molecule has 0 atom stereocenters. The van der Waals surface area contributed by atoms with E-state index in [4.69, 9.17) is 10.3 Å². The van der Waals surface area contributed by atoms with Gasteiger partial charge in [-0.05, 0) is 25.0 Å². The van der Waals surface area contributed by atoms with Gasteiger partial charge in [-0.3, -0.25) is 9.48 Å². The van der Waals surface area contributed by atoms with E-state index in [0.29, 0.717) is 30.1 Å². The lowest BCUT2D eigenvalue weighted by Crippen LogP contribution is -2.34. The molecule has 0 bridgehead atoms. The maximum absolute atomic E-state index is 11.9. The van der Waals surface area contributed by atoms with Gasteiger partial charge < -0.3 is 10.3 Å². The van der Waals surface area contributed by atoms with Gasteiger partial charge in [0, 0.05) is 11.8 Å². The standard InChI is InChI=1S/C17H19N5O2/c18-17(8-3-4-9-17)16-20-15(24-21-16)7-10-22-13-6-2-1-5-12(13)14(23)11-19-22/h1-2,5-6,11H,3-4,7-10,18H2. The van der Waals surface area contributed by atoms with Crippen LogP contribution in [0.15, 0.2) is 39.8 Å². The smallest absolute Gasteiger partial charge is 0.228 e. The fourth-order valence-electron chi connectivity index (χ4n) is 3.33. The van der Waals surface area contributed by atoms with Crippen LogP contribution < -0.4 is 11.2 Å². The van der Waals surface area contributed by atoms with Crippen molar-refractivity contribution >= 4 is 10.9 Å². The first kappa shape index (κ1) is 15.0. The van der Waals surface area contributed by atoms with Crippen LogP contribution in [0, 0.1) is 0 Å². The number of benzene rings is 1. The number of fused-ring (bicyclic) bond motifs is 1. The highest BCUT2D eigenvalue weighted by Gasteiger charge is 2.35. The van der Waals surface area contributed by atoms with Gasteiger partial charge in [-0.1, -0.05) is 30.1 Å². The molecule has 7 nitrogen and oxygen atoms in total. The minimum absolute atomic E-state index is 0.0757. The van der Waals surface area contributed by atoms with E-state index < -0.39 is 5.54 Å². The predicted octanol–water partition coefficient (Wildman–Crippen LogP) is 1.75. The number of hydrogen-bond acceptors (Lipinski definition) is 6. The second kappa shape index (κ2) is 5.83. The van der Waals surface area contributed by atoms with E-state index in [1.165, 1.54) is 6.20 Å². The summed E-state index contributed by atoms with van der Waals surface area (Å²) in [6, 6.07) is 7.43. The molecule has 3 aromatic rings. The lowest BCUT2D eigenvalue weighted by atomic mass is 9.99. The molecule has 7 heteroatoms. The van der Waals surface area contributed by atoms with Crippen molar-refractivity contribution in [1.82, 2.24) is 19.9 Å². The van der Waals surface area contributed by atoms with Crippen molar-refractivity contribution in [2.24, 2.45) is 5.73 Å². The first-order valence-corrected chi connectivity index (χ1v) is 8.23. The van der Waals surface area contributed by atoms with Gasteiger partial charge in [0.05, 0.1) is 23.8 Å². The van der Waals surface area contributed by atoms with Gasteiger partial charge >= 0.3 is 0 Å². The second-order valence-corrected chi connectivity index (χ2v) is 6.37. The summed E-state index contributed by atoms with van der Waals surface area (Å²) in [6.07, 6.45) is 5.90. The van der Waals surface area contributed by atoms with Crippen LogP contribution in [0.4, 0.5) is 0 Å². The monoisotopic (exact) mass is 325 g/mol. The normalized spacial score (nSPS) is 16.7. The van der Waals surface area contributed by atoms with Crippen molar-refractivity contribution in [3.05, 3.63) is 52.4 Å². The van der Waals surface area contributed by atoms with Crippen molar-refractivity contribution < 1.29 is 4.52 Å². The van der Waals surface area contributed by atoms with Crippen LogP contribution in [0.2, 0.25) is 0 Å². The van der Waals surface area contributed by atoms with E-state index in [-0.39, 0.29) is 5.43 Å². The average Bonchev–Trinajstić information content (AvgIpc) is 3.25. The number of rotatable bonds is 4. The van der Waals surface area contributed by atoms with Crippen LogP contribution in [0.5, 0.6) is 0 Å². The fraction of sp³-hybridized carbons (Fsp3) is 0.412. The van der Waals surface area contributed by atoms with Gasteiger partial charge in [-0.15, -0.1) is 0 Å². The lowest BCUT2D eigenvalue weighted by molar-refractivity contribution is 0.344. The van der Waals surface area contributed by atoms with Gasteiger partial charge in [-0.25, -0.2) is 0 Å². The number of nitrogens with zero attached hydrogens (tertiary/aromatic N) is 4. The summed E-state index contributed by atoms with van der Waals surface area (Å²) in [7, 11) is 0. The zero-order valence-electron chi connectivity index (χ0n) is 13.3. The van der Waals surface area contributed by atoms with Crippen molar-refractivity contribution in [1.29, 1.82) is 0 Å². The molecule has 1 saturated carbocycles. The maximum atomic E-state index is 11.9. The molecule has 1 aromatic carbocycles. The largest absolute Gasteiger partial charge is 0.339 e. The zero-order valence-corrected chi connectivity index (χ0v) is 13.3. The Morgan fingerprint density at radius 1 is 1.25 bits per heavy atom. The molecule has 4 rings (SSSR count). The predicted molar refractivity (Wildman–Crippen MR) is 88.3 cm³/mol. The minimum Gasteiger partial charge on any atom is -0.339 e. The summed E-state index contributed by atoms with van der Waals surface area (Å²) in [5.74, 6) is 1.15. The van der Waals surface area contributed by atoms with Crippen molar-refractivity contribution in [3.63, 3.8) is 0 Å². The van der Waals surface area contributed by atoms with Gasteiger partial charge in [0.1, 0.15) is 0 Å². The molecule has 0 spiro atoms. The van der Waals surface area contributed by atoms with Gasteiger partial charge in [-0.2, -0.15) is 10.1 Å². The first-order chi connectivity index (χ1) is 11.7. The Balaban J connectivity index is 1.55. The second-order valence-electron chi connectivity index (χ2n) is 6.37. The molecule has 0 radical (unpaired) electrons. The van der Waals surface area contributed by atoms with Gasteiger partial charge in [0.2, 0.25) is 11.3 Å². The molecule has 1 aliphatic carbocycles. The highest BCUT2D eigenvalue weighted by atomic mass is 16.5. The number of aryl methyl sites for hydroxylation is 2. The number of nitrogens with two attached hydrogens (primary N) is 1. The molecule has 1 aliphatic rings. The van der Waals surface area contributed by atoms with E-state index in [2.05, 4.69) is 15.2 Å². The molecule has 24 heavy (non-hydrogen) atoms. The van der Waals surface area contributed by atoms with Crippen LogP contribution in [0.1, 0.15) is 37.4 Å². The van der Waals surface area contributed by atoms with Crippen molar-refractivity contribution in [2.75, 3.05) is 0 Å². The average molecular weight is 325 g/mol. The summed E-state index contributed by atoms with van der Waals surface area (Å²) < 4.78 is 7.14. The molecule has 0 aliphatic heterocycles. The third kappa shape index (κ3) is 2.60. The molecule has 124 valence electrons. The Labute approximate surface area is 138 Å². The van der Waals surface area contributed by atoms with Crippen LogP contribution in [-0.4, -0.2) is 19.9 Å². The number of hydrogen-bond donors (Lipinski definition) is 1. The molecule has 0 saturated heterocycles. The molecule has 2 N–H and O–H groups in total. The Morgan fingerprint density at radius 3 is 2.88 bits per heavy atom. The topological polar surface area (TPSA) is 99.8 Å². The molecule has 2 aromatic heterocycles. The van der Waals surface area contributed by atoms with E-state index in [1.807, 2.05) is 18.2 Å². The minimum atomic E-state index is -0.440. The molecule has 0 amide bonds. The Kier molecular flexibility index (Phi) is 3.65. The number of aromatic nitrogens is 4. The third-order valence-electron chi connectivity index (χ3n) is 4.71. The summed E-state index contributed by atoms with van der Waals surface area (Å²) >= 11 is 0. The van der Waals surface area contributed by atoms with Crippen molar-refractivity contribution in [3.8, 4) is 0 Å². The summed E-state index contributed by atoms with van der Waals surface area (Å²) in [5, 5.41) is 8.93. The van der Waals surface area contributed by atoms with E-state index in [0.717, 1.165) is 31.2 Å². The fourth-order valence-corrected chi connectivity index (χ4v) is 3.33. The Morgan fingerprint density at radius 2 is 2.04 bits per heavy atom. The van der Waals surface area contributed by atoms with E-state index >= 15 is 0 Å². The SMILES string of the molecule is NC1(c2noc(CCn3ncc(=O)c4ccccc43)n2)CCCC1. The molecule has 1 fully saturated rings.